The Kier molecular flexibility index (Phi) is 7.44. The average molecular weight is 554 g/mol. The third-order valence-corrected chi connectivity index (χ3v) is 7.23. The molecule has 0 saturated heterocycles. The summed E-state index contributed by atoms with van der Waals surface area (Å²) in [4.78, 5) is 3.44. The number of rotatable bonds is 7. The van der Waals surface area contributed by atoms with E-state index in [2.05, 4.69) is 4.98 Å². The van der Waals surface area contributed by atoms with E-state index in [0.29, 0.717) is 17.3 Å². The number of nitrogens with zero attached hydrogens (tertiary/aromatic N) is 1. The van der Waals surface area contributed by atoms with E-state index in [0.717, 1.165) is 5.56 Å². The van der Waals surface area contributed by atoms with Crippen molar-refractivity contribution in [2.45, 2.75) is 22.6 Å². The van der Waals surface area contributed by atoms with Crippen LogP contribution in [0.5, 0.6) is 17.4 Å². The van der Waals surface area contributed by atoms with Crippen molar-refractivity contribution in [3.05, 3.63) is 106 Å². The topological polar surface area (TPSA) is 65.5 Å². The molecule has 0 bridgehead atoms. The average Bonchev–Trinajstić information content (AvgIpc) is 2.85. The molecule has 186 valence electrons. The fourth-order valence-corrected chi connectivity index (χ4v) is 4.88. The van der Waals surface area contributed by atoms with Gasteiger partial charge in [0, 0.05) is 17.3 Å². The van der Waals surface area contributed by atoms with Crippen molar-refractivity contribution < 1.29 is 31.1 Å². The van der Waals surface area contributed by atoms with Crippen LogP contribution in [0.2, 0.25) is 10.0 Å². The molecule has 1 aromatic heterocycles. The minimum atomic E-state index is -4.63. The molecule has 0 amide bonds. The highest BCUT2D eigenvalue weighted by atomic mass is 35.5. The van der Waals surface area contributed by atoms with Gasteiger partial charge in [-0.1, -0.05) is 53.5 Å². The highest BCUT2D eigenvalue weighted by molar-refractivity contribution is 7.91. The van der Waals surface area contributed by atoms with E-state index in [4.69, 9.17) is 32.7 Å². The summed E-state index contributed by atoms with van der Waals surface area (Å²) in [6, 6.07) is 19.2. The van der Waals surface area contributed by atoms with Gasteiger partial charge in [-0.05, 0) is 48.0 Å². The lowest BCUT2D eigenvalue weighted by Gasteiger charge is -2.15. The van der Waals surface area contributed by atoms with Gasteiger partial charge in [0.05, 0.1) is 10.5 Å². The number of alkyl halides is 3. The van der Waals surface area contributed by atoms with Gasteiger partial charge in [-0.25, -0.2) is 13.4 Å². The van der Waals surface area contributed by atoms with E-state index < -0.39 is 21.6 Å². The smallest absolute Gasteiger partial charge is 0.417 e. The second kappa shape index (κ2) is 10.4. The normalized spacial score (nSPS) is 11.8. The maximum atomic E-state index is 13.4. The Bertz CT molecular complexity index is 1480. The highest BCUT2D eigenvalue weighted by Crippen LogP contribution is 2.37. The molecule has 0 aliphatic heterocycles. The quantitative estimate of drug-likeness (QED) is 0.235. The molecule has 36 heavy (non-hydrogen) atoms. The summed E-state index contributed by atoms with van der Waals surface area (Å²) in [6.07, 6.45) is -4.05. The molecule has 1 heterocycles. The molecular weight excluding hydrogens is 538 g/mol. The fraction of sp³-hybridized carbons (Fsp3) is 0.0800. The van der Waals surface area contributed by atoms with Gasteiger partial charge in [0.25, 0.3) is 0 Å². The van der Waals surface area contributed by atoms with Crippen LogP contribution in [0.1, 0.15) is 11.1 Å². The van der Waals surface area contributed by atoms with Gasteiger partial charge < -0.3 is 9.47 Å². The number of halogens is 5. The zero-order chi connectivity index (χ0) is 25.9. The van der Waals surface area contributed by atoms with E-state index in [1.807, 2.05) is 0 Å². The minimum Gasteiger partial charge on any atom is -0.488 e. The molecule has 0 N–H and O–H groups in total. The summed E-state index contributed by atoms with van der Waals surface area (Å²) in [5.74, 6) is -0.285. The molecule has 0 aliphatic carbocycles. The molecule has 11 heteroatoms. The second-order valence-electron chi connectivity index (χ2n) is 7.45. The molecule has 0 fully saturated rings. The monoisotopic (exact) mass is 553 g/mol. The molecule has 0 radical (unpaired) electrons. The summed E-state index contributed by atoms with van der Waals surface area (Å²) in [6.45, 7) is 0.0565. The standard InChI is InChI=1S/C25H16Cl2F3NO4S/c26-18-8-6-16(7-9-18)15-34-22-11-10-19(13-23(22)36(32,33)20-4-2-1-3-5-20)35-24-21(27)12-17(14-31-24)25(28,29)30/h1-14H,15H2. The molecule has 0 unspecified atom stereocenters. The Hall–Kier alpha value is -3.27. The van der Waals surface area contributed by atoms with Crippen molar-refractivity contribution >= 4 is 33.0 Å². The Morgan fingerprint density at radius 3 is 2.22 bits per heavy atom. The van der Waals surface area contributed by atoms with Crippen LogP contribution in [0.15, 0.2) is 94.9 Å². The Balaban J connectivity index is 1.70. The second-order valence-corrected chi connectivity index (χ2v) is 10.2. The summed E-state index contributed by atoms with van der Waals surface area (Å²) in [7, 11) is -4.06. The lowest BCUT2D eigenvalue weighted by Crippen LogP contribution is -2.07. The first-order valence-electron chi connectivity index (χ1n) is 10.3. The summed E-state index contributed by atoms with van der Waals surface area (Å²) >= 11 is 11.8. The van der Waals surface area contributed by atoms with Crippen molar-refractivity contribution in [3.63, 3.8) is 0 Å². The van der Waals surface area contributed by atoms with Gasteiger partial charge in [0.2, 0.25) is 15.7 Å². The Morgan fingerprint density at radius 1 is 0.889 bits per heavy atom. The lowest BCUT2D eigenvalue weighted by atomic mass is 10.2. The predicted octanol–water partition coefficient (Wildman–Crippen LogP) is 7.61. The van der Waals surface area contributed by atoms with E-state index in [1.54, 1.807) is 42.5 Å². The number of hydrogen-bond acceptors (Lipinski definition) is 5. The number of pyridine rings is 1. The molecule has 0 aliphatic rings. The van der Waals surface area contributed by atoms with Crippen LogP contribution in [0.4, 0.5) is 13.2 Å². The van der Waals surface area contributed by atoms with Gasteiger partial charge >= 0.3 is 6.18 Å². The van der Waals surface area contributed by atoms with Crippen LogP contribution in [0.3, 0.4) is 0 Å². The third kappa shape index (κ3) is 5.92. The van der Waals surface area contributed by atoms with Crippen molar-refractivity contribution in [2.75, 3.05) is 0 Å². The van der Waals surface area contributed by atoms with Crippen LogP contribution < -0.4 is 9.47 Å². The van der Waals surface area contributed by atoms with E-state index >= 15 is 0 Å². The molecule has 5 nitrogen and oxygen atoms in total. The van der Waals surface area contributed by atoms with Gasteiger partial charge in [-0.3, -0.25) is 0 Å². The molecule has 0 atom stereocenters. The molecule has 0 spiro atoms. The van der Waals surface area contributed by atoms with Crippen molar-refractivity contribution in [1.82, 2.24) is 4.98 Å². The predicted molar refractivity (Wildman–Crippen MR) is 128 cm³/mol. The van der Waals surface area contributed by atoms with Crippen LogP contribution in [-0.4, -0.2) is 13.4 Å². The van der Waals surface area contributed by atoms with Crippen LogP contribution in [0.25, 0.3) is 0 Å². The largest absolute Gasteiger partial charge is 0.488 e. The fourth-order valence-electron chi connectivity index (χ4n) is 3.12. The van der Waals surface area contributed by atoms with E-state index in [1.165, 1.54) is 30.3 Å². The maximum absolute atomic E-state index is 13.4. The Labute approximate surface area is 215 Å². The number of ether oxygens (including phenoxy) is 2. The summed E-state index contributed by atoms with van der Waals surface area (Å²) in [5, 5.41) is 0.156. The third-order valence-electron chi connectivity index (χ3n) is 4.92. The molecular formula is C25H16Cl2F3NO4S. The lowest BCUT2D eigenvalue weighted by molar-refractivity contribution is -0.137. The van der Waals surface area contributed by atoms with E-state index in [-0.39, 0.29) is 38.8 Å². The molecule has 3 aromatic carbocycles. The van der Waals surface area contributed by atoms with Crippen LogP contribution in [-0.2, 0) is 22.6 Å². The number of sulfone groups is 1. The summed E-state index contributed by atoms with van der Waals surface area (Å²) in [5.41, 5.74) is -0.290. The molecule has 4 aromatic rings. The van der Waals surface area contributed by atoms with Gasteiger partial charge in [-0.2, -0.15) is 13.2 Å². The van der Waals surface area contributed by atoms with Crippen molar-refractivity contribution in [2.24, 2.45) is 0 Å². The number of benzene rings is 3. The van der Waals surface area contributed by atoms with Crippen molar-refractivity contribution in [3.8, 4) is 17.4 Å². The summed E-state index contributed by atoms with van der Waals surface area (Å²) < 4.78 is 76.9. The first kappa shape index (κ1) is 25.8. The zero-order valence-electron chi connectivity index (χ0n) is 18.2. The number of aromatic nitrogens is 1. The van der Waals surface area contributed by atoms with Gasteiger partial charge in [-0.15, -0.1) is 0 Å². The maximum Gasteiger partial charge on any atom is 0.417 e. The van der Waals surface area contributed by atoms with Gasteiger partial charge in [0.1, 0.15) is 28.0 Å². The van der Waals surface area contributed by atoms with Crippen LogP contribution in [0, 0.1) is 0 Å². The van der Waals surface area contributed by atoms with E-state index in [9.17, 15) is 21.6 Å². The highest BCUT2D eigenvalue weighted by Gasteiger charge is 2.32. The zero-order valence-corrected chi connectivity index (χ0v) is 20.5. The van der Waals surface area contributed by atoms with Crippen molar-refractivity contribution in [1.29, 1.82) is 0 Å². The molecule has 4 rings (SSSR count). The number of hydrogen-bond donors (Lipinski definition) is 0. The minimum absolute atomic E-state index is 0.0162. The molecule has 0 saturated carbocycles. The SMILES string of the molecule is O=S(=O)(c1ccccc1)c1cc(Oc2ncc(C(F)(F)F)cc2Cl)ccc1OCc1ccc(Cl)cc1. The van der Waals surface area contributed by atoms with Gasteiger partial charge in [0.15, 0.2) is 0 Å². The first-order valence-corrected chi connectivity index (χ1v) is 12.5. The Morgan fingerprint density at radius 2 is 1.58 bits per heavy atom. The van der Waals surface area contributed by atoms with Crippen LogP contribution >= 0.6 is 23.2 Å². The first-order chi connectivity index (χ1) is 17.0.